The molecule has 1 unspecified atom stereocenters. The Bertz CT molecular complexity index is 436. The lowest BCUT2D eigenvalue weighted by molar-refractivity contribution is 0.0981. The number of benzene rings is 1. The fraction of sp³-hybridized carbons (Fsp3) is 0.500. The monoisotopic (exact) mass is 265 g/mol. The van der Waals surface area contributed by atoms with Crippen molar-refractivity contribution in [3.63, 3.8) is 0 Å². The average molecular weight is 266 g/mol. The molecule has 0 aliphatic carbocycles. The number of rotatable bonds is 5. The van der Waals surface area contributed by atoms with E-state index >= 15 is 0 Å². The fourth-order valence-electron chi connectivity index (χ4n) is 2.10. The molecule has 96 valence electrons. The molecule has 0 N–H and O–H groups in total. The van der Waals surface area contributed by atoms with Crippen molar-refractivity contribution in [1.82, 2.24) is 0 Å². The van der Waals surface area contributed by atoms with Crippen LogP contribution in [0.2, 0.25) is 5.02 Å². The summed E-state index contributed by atoms with van der Waals surface area (Å²) in [5, 5.41) is 9.43. The second-order valence-corrected chi connectivity index (χ2v) is 4.76. The lowest BCUT2D eigenvalue weighted by Crippen LogP contribution is -2.08. The third-order valence-corrected chi connectivity index (χ3v) is 3.35. The van der Waals surface area contributed by atoms with Crippen molar-refractivity contribution in [2.75, 3.05) is 13.2 Å². The van der Waals surface area contributed by atoms with Gasteiger partial charge in [-0.3, -0.25) is 0 Å². The van der Waals surface area contributed by atoms with Crippen LogP contribution in [0.15, 0.2) is 18.2 Å². The maximum Gasteiger partial charge on any atom is 0.138 e. The average Bonchev–Trinajstić information content (AvgIpc) is 2.88. The van der Waals surface area contributed by atoms with Crippen LogP contribution in [0, 0.1) is 11.3 Å². The van der Waals surface area contributed by atoms with Crippen molar-refractivity contribution in [2.24, 2.45) is 0 Å². The fourth-order valence-corrected chi connectivity index (χ4v) is 2.31. The van der Waals surface area contributed by atoms with Gasteiger partial charge in [0.05, 0.1) is 17.7 Å². The zero-order valence-electron chi connectivity index (χ0n) is 10.2. The molecule has 1 fully saturated rings. The van der Waals surface area contributed by atoms with Crippen molar-refractivity contribution in [1.29, 1.82) is 5.26 Å². The molecule has 0 spiro atoms. The summed E-state index contributed by atoms with van der Waals surface area (Å²) >= 11 is 5.92. The highest BCUT2D eigenvalue weighted by atomic mass is 35.5. The summed E-state index contributed by atoms with van der Waals surface area (Å²) in [6.45, 7) is 1.48. The molecule has 1 atom stereocenters. The van der Waals surface area contributed by atoms with Crippen LogP contribution in [-0.4, -0.2) is 19.3 Å². The first-order valence-electron chi connectivity index (χ1n) is 6.24. The molecule has 3 nitrogen and oxygen atoms in total. The molecular formula is C14H16ClNO2. The van der Waals surface area contributed by atoms with Gasteiger partial charge in [-0.15, -0.1) is 0 Å². The van der Waals surface area contributed by atoms with Crippen LogP contribution in [0.25, 0.3) is 0 Å². The van der Waals surface area contributed by atoms with Crippen LogP contribution in [0.4, 0.5) is 0 Å². The molecule has 1 heterocycles. The number of ether oxygens (including phenoxy) is 2. The molecule has 1 aromatic rings. The van der Waals surface area contributed by atoms with Gasteiger partial charge in [0.25, 0.3) is 0 Å². The van der Waals surface area contributed by atoms with Gasteiger partial charge in [-0.2, -0.15) is 5.26 Å². The third kappa shape index (κ3) is 3.38. The van der Waals surface area contributed by atoms with E-state index in [9.17, 15) is 0 Å². The number of hydrogen-bond acceptors (Lipinski definition) is 3. The van der Waals surface area contributed by atoms with Crippen molar-refractivity contribution in [2.45, 2.75) is 31.8 Å². The summed E-state index contributed by atoms with van der Waals surface area (Å²) in [4.78, 5) is 0. The smallest absolute Gasteiger partial charge is 0.138 e. The van der Waals surface area contributed by atoms with Gasteiger partial charge in [-0.05, 0) is 37.8 Å². The predicted octanol–water partition coefficient (Wildman–Crippen LogP) is 3.55. The molecule has 1 saturated heterocycles. The Morgan fingerprint density at radius 1 is 1.50 bits per heavy atom. The van der Waals surface area contributed by atoms with Gasteiger partial charge in [0.2, 0.25) is 0 Å². The summed E-state index contributed by atoms with van der Waals surface area (Å²) in [6.07, 6.45) is 4.66. The molecule has 0 radical (unpaired) electrons. The zero-order chi connectivity index (χ0) is 12.8. The summed E-state index contributed by atoms with van der Waals surface area (Å²) in [7, 11) is 0. The topological polar surface area (TPSA) is 42.2 Å². The van der Waals surface area contributed by atoms with Crippen molar-refractivity contribution < 1.29 is 9.47 Å². The molecule has 2 rings (SSSR count). The molecule has 0 aromatic heterocycles. The first-order valence-corrected chi connectivity index (χ1v) is 6.62. The van der Waals surface area contributed by atoms with Crippen molar-refractivity contribution in [3.05, 3.63) is 28.8 Å². The van der Waals surface area contributed by atoms with E-state index < -0.39 is 0 Å². The van der Waals surface area contributed by atoms with E-state index in [4.69, 9.17) is 26.3 Å². The molecule has 0 amide bonds. The number of halogens is 1. The molecule has 0 bridgehead atoms. The summed E-state index contributed by atoms with van der Waals surface area (Å²) in [6, 6.07) is 7.32. The van der Waals surface area contributed by atoms with Gasteiger partial charge in [0.1, 0.15) is 17.4 Å². The van der Waals surface area contributed by atoms with Crippen LogP contribution in [-0.2, 0) is 4.74 Å². The standard InChI is InChI=1S/C14H16ClNO2/c15-13-6-1-7-14(12(13)10-16)18-9-3-5-11-4-2-8-17-11/h1,6-7,11H,2-5,8-9H2. The second-order valence-electron chi connectivity index (χ2n) is 4.35. The van der Waals surface area contributed by atoms with Gasteiger partial charge in [0, 0.05) is 6.61 Å². The summed E-state index contributed by atoms with van der Waals surface area (Å²) in [5.41, 5.74) is 0.413. The Balaban J connectivity index is 1.79. The van der Waals surface area contributed by atoms with Crippen LogP contribution in [0.1, 0.15) is 31.2 Å². The van der Waals surface area contributed by atoms with Crippen molar-refractivity contribution >= 4 is 11.6 Å². The number of nitriles is 1. The zero-order valence-corrected chi connectivity index (χ0v) is 10.9. The maximum atomic E-state index is 8.99. The number of nitrogens with zero attached hydrogens (tertiary/aromatic N) is 1. The minimum atomic E-state index is 0.392. The minimum absolute atomic E-state index is 0.392. The lowest BCUT2D eigenvalue weighted by atomic mass is 10.1. The highest BCUT2D eigenvalue weighted by Crippen LogP contribution is 2.25. The van der Waals surface area contributed by atoms with Crippen LogP contribution in [0.5, 0.6) is 5.75 Å². The Hall–Kier alpha value is -1.24. The third-order valence-electron chi connectivity index (χ3n) is 3.04. The Kier molecular flexibility index (Phi) is 4.86. The first kappa shape index (κ1) is 13.2. The SMILES string of the molecule is N#Cc1c(Cl)cccc1OCCCC1CCCO1. The first-order chi connectivity index (χ1) is 8.81. The molecule has 1 aromatic carbocycles. The summed E-state index contributed by atoms with van der Waals surface area (Å²) < 4.78 is 11.1. The van der Waals surface area contributed by atoms with E-state index in [-0.39, 0.29) is 0 Å². The molecule has 1 aliphatic rings. The van der Waals surface area contributed by atoms with Gasteiger partial charge < -0.3 is 9.47 Å². The highest BCUT2D eigenvalue weighted by molar-refractivity contribution is 6.31. The van der Waals surface area contributed by atoms with E-state index in [1.54, 1.807) is 18.2 Å². The van der Waals surface area contributed by atoms with E-state index in [2.05, 4.69) is 6.07 Å². The molecule has 1 aliphatic heterocycles. The van der Waals surface area contributed by atoms with E-state index in [1.165, 1.54) is 6.42 Å². The largest absolute Gasteiger partial charge is 0.492 e. The molecular weight excluding hydrogens is 250 g/mol. The van der Waals surface area contributed by atoms with E-state index in [0.717, 1.165) is 25.9 Å². The van der Waals surface area contributed by atoms with Gasteiger partial charge in [0.15, 0.2) is 0 Å². The van der Waals surface area contributed by atoms with Crippen LogP contribution >= 0.6 is 11.6 Å². The minimum Gasteiger partial charge on any atom is -0.492 e. The maximum absolute atomic E-state index is 8.99. The molecule has 4 heteroatoms. The molecule has 18 heavy (non-hydrogen) atoms. The van der Waals surface area contributed by atoms with Gasteiger partial charge in [-0.25, -0.2) is 0 Å². The predicted molar refractivity (Wildman–Crippen MR) is 69.9 cm³/mol. The Morgan fingerprint density at radius 2 is 2.39 bits per heavy atom. The molecule has 0 saturated carbocycles. The van der Waals surface area contributed by atoms with E-state index in [0.29, 0.717) is 29.0 Å². The van der Waals surface area contributed by atoms with Gasteiger partial charge >= 0.3 is 0 Å². The van der Waals surface area contributed by atoms with Crippen LogP contribution < -0.4 is 4.74 Å². The summed E-state index contributed by atoms with van der Waals surface area (Å²) in [5.74, 6) is 0.567. The quantitative estimate of drug-likeness (QED) is 0.765. The van der Waals surface area contributed by atoms with Gasteiger partial charge in [-0.1, -0.05) is 17.7 Å². The Labute approximate surface area is 112 Å². The normalized spacial score (nSPS) is 18.6. The second kappa shape index (κ2) is 6.63. The van der Waals surface area contributed by atoms with Crippen LogP contribution in [0.3, 0.4) is 0 Å². The highest BCUT2D eigenvalue weighted by Gasteiger charge is 2.15. The Morgan fingerprint density at radius 3 is 3.11 bits per heavy atom. The van der Waals surface area contributed by atoms with Crippen molar-refractivity contribution in [3.8, 4) is 11.8 Å². The lowest BCUT2D eigenvalue weighted by Gasteiger charge is -2.11. The van der Waals surface area contributed by atoms with E-state index in [1.807, 2.05) is 0 Å². The number of hydrogen-bond donors (Lipinski definition) is 0.